The molecule has 0 fully saturated rings. The van der Waals surface area contributed by atoms with Crippen molar-refractivity contribution in [1.29, 1.82) is 0 Å². The summed E-state index contributed by atoms with van der Waals surface area (Å²) < 4.78 is 0. The molecule has 1 aromatic rings. The van der Waals surface area contributed by atoms with Crippen LogP contribution in [0.4, 0.5) is 0 Å². The zero-order valence-corrected chi connectivity index (χ0v) is 11.8. The Balaban J connectivity index is 1.86. The molecule has 1 N–H and O–H groups in total. The molecule has 3 rings (SSSR count). The van der Waals surface area contributed by atoms with Gasteiger partial charge in [0.05, 0.1) is 0 Å². The standard InChI is InChI=1S/C16H22N2/c1-9(2)13-6-11-5-12-7-14(10(3)4)18-16(12)8-15(11)17-13/h6,9-10,17H,5,7-8H2,1-4H3. The van der Waals surface area contributed by atoms with E-state index in [1.54, 1.807) is 5.57 Å². The molecule has 96 valence electrons. The van der Waals surface area contributed by atoms with Crippen molar-refractivity contribution >= 4 is 5.71 Å². The molecule has 0 amide bonds. The SMILES string of the molecule is CC(C)C1=NC2=C(C1)Cc1cc(C(C)C)[nH]c1C2. The maximum Gasteiger partial charge on any atom is 0.0461 e. The van der Waals surface area contributed by atoms with Crippen molar-refractivity contribution in [1.82, 2.24) is 4.98 Å². The molecule has 0 radical (unpaired) electrons. The van der Waals surface area contributed by atoms with E-state index in [2.05, 4.69) is 38.7 Å². The van der Waals surface area contributed by atoms with Crippen LogP contribution in [0.5, 0.6) is 0 Å². The molecule has 0 saturated carbocycles. The van der Waals surface area contributed by atoms with Crippen LogP contribution in [0.25, 0.3) is 0 Å². The maximum atomic E-state index is 4.84. The van der Waals surface area contributed by atoms with Gasteiger partial charge in [-0.25, -0.2) is 0 Å². The highest BCUT2D eigenvalue weighted by Crippen LogP contribution is 2.35. The molecule has 0 unspecified atom stereocenters. The van der Waals surface area contributed by atoms with E-state index in [9.17, 15) is 0 Å². The molecule has 18 heavy (non-hydrogen) atoms. The zero-order valence-electron chi connectivity index (χ0n) is 11.8. The second-order valence-corrected chi connectivity index (χ2v) is 6.22. The average molecular weight is 242 g/mol. The van der Waals surface area contributed by atoms with E-state index >= 15 is 0 Å². The Hall–Kier alpha value is -1.31. The van der Waals surface area contributed by atoms with Gasteiger partial charge in [0.1, 0.15) is 0 Å². The van der Waals surface area contributed by atoms with Crippen molar-refractivity contribution in [3.05, 3.63) is 34.3 Å². The second kappa shape index (κ2) is 4.11. The van der Waals surface area contributed by atoms with E-state index in [0.717, 1.165) is 19.3 Å². The van der Waals surface area contributed by atoms with Gasteiger partial charge in [0.2, 0.25) is 0 Å². The average Bonchev–Trinajstić information content (AvgIpc) is 2.87. The summed E-state index contributed by atoms with van der Waals surface area (Å²) >= 11 is 0. The van der Waals surface area contributed by atoms with Gasteiger partial charge in [0.15, 0.2) is 0 Å². The van der Waals surface area contributed by atoms with Crippen LogP contribution in [0.15, 0.2) is 22.3 Å². The number of nitrogens with one attached hydrogen (secondary N) is 1. The fourth-order valence-corrected chi connectivity index (χ4v) is 2.86. The Morgan fingerprint density at radius 3 is 2.50 bits per heavy atom. The summed E-state index contributed by atoms with van der Waals surface area (Å²) in [6, 6.07) is 2.36. The maximum absolute atomic E-state index is 4.84. The number of hydrogen-bond acceptors (Lipinski definition) is 1. The van der Waals surface area contributed by atoms with E-state index in [1.807, 2.05) is 0 Å². The number of aromatic amines is 1. The number of fused-ring (bicyclic) bond motifs is 1. The summed E-state index contributed by atoms with van der Waals surface area (Å²) in [7, 11) is 0. The van der Waals surface area contributed by atoms with Crippen molar-refractivity contribution in [2.45, 2.75) is 52.9 Å². The van der Waals surface area contributed by atoms with E-state index in [4.69, 9.17) is 4.99 Å². The third-order valence-corrected chi connectivity index (χ3v) is 4.13. The van der Waals surface area contributed by atoms with Crippen LogP contribution >= 0.6 is 0 Å². The first-order chi connectivity index (χ1) is 8.54. The van der Waals surface area contributed by atoms with Gasteiger partial charge >= 0.3 is 0 Å². The fourth-order valence-electron chi connectivity index (χ4n) is 2.86. The Morgan fingerprint density at radius 2 is 1.83 bits per heavy atom. The lowest BCUT2D eigenvalue weighted by atomic mass is 9.91. The third-order valence-electron chi connectivity index (χ3n) is 4.13. The van der Waals surface area contributed by atoms with Gasteiger partial charge in [0.25, 0.3) is 0 Å². The van der Waals surface area contributed by atoms with Crippen LogP contribution < -0.4 is 0 Å². The van der Waals surface area contributed by atoms with Crippen molar-refractivity contribution < 1.29 is 0 Å². The van der Waals surface area contributed by atoms with E-state index in [0.29, 0.717) is 11.8 Å². The third kappa shape index (κ3) is 1.84. The number of rotatable bonds is 2. The van der Waals surface area contributed by atoms with Crippen LogP contribution in [0.2, 0.25) is 0 Å². The molecule has 2 heterocycles. The van der Waals surface area contributed by atoms with E-state index in [-0.39, 0.29) is 0 Å². The van der Waals surface area contributed by atoms with Crippen LogP contribution in [0.1, 0.15) is 57.0 Å². The minimum absolute atomic E-state index is 0.583. The van der Waals surface area contributed by atoms with Crippen molar-refractivity contribution in [2.24, 2.45) is 10.9 Å². The van der Waals surface area contributed by atoms with E-state index in [1.165, 1.54) is 28.4 Å². The molecule has 1 aromatic heterocycles. The fraction of sp³-hybridized carbons (Fsp3) is 0.562. The van der Waals surface area contributed by atoms with Gasteiger partial charge in [-0.15, -0.1) is 0 Å². The predicted octanol–water partition coefficient (Wildman–Crippen LogP) is 3.99. The highest BCUT2D eigenvalue weighted by atomic mass is 14.8. The Labute approximate surface area is 109 Å². The summed E-state index contributed by atoms with van der Waals surface area (Å²) in [4.78, 5) is 8.43. The lowest BCUT2D eigenvalue weighted by Crippen LogP contribution is -2.06. The number of aromatic nitrogens is 1. The minimum atomic E-state index is 0.583. The number of hydrogen-bond donors (Lipinski definition) is 1. The summed E-state index contributed by atoms with van der Waals surface area (Å²) in [5.41, 5.74) is 8.52. The van der Waals surface area contributed by atoms with Gasteiger partial charge in [-0.2, -0.15) is 0 Å². The van der Waals surface area contributed by atoms with Crippen LogP contribution in [0.3, 0.4) is 0 Å². The molecule has 0 bridgehead atoms. The Bertz CT molecular complexity index is 541. The highest BCUT2D eigenvalue weighted by Gasteiger charge is 2.26. The lowest BCUT2D eigenvalue weighted by Gasteiger charge is -2.13. The number of aliphatic imine (C=N–C) groups is 1. The molecule has 2 aliphatic rings. The van der Waals surface area contributed by atoms with Crippen LogP contribution in [-0.2, 0) is 12.8 Å². The Morgan fingerprint density at radius 1 is 1.06 bits per heavy atom. The summed E-state index contributed by atoms with van der Waals surface area (Å²) in [5, 5.41) is 0. The Kier molecular flexibility index (Phi) is 2.69. The zero-order chi connectivity index (χ0) is 12.9. The van der Waals surface area contributed by atoms with Gasteiger partial charge < -0.3 is 4.98 Å². The first-order valence-electron chi connectivity index (χ1n) is 7.03. The summed E-state index contributed by atoms with van der Waals surface area (Å²) in [6.07, 6.45) is 3.22. The van der Waals surface area contributed by atoms with Crippen molar-refractivity contribution in [3.63, 3.8) is 0 Å². The highest BCUT2D eigenvalue weighted by molar-refractivity contribution is 5.92. The molecule has 2 nitrogen and oxygen atoms in total. The number of nitrogens with zero attached hydrogens (tertiary/aromatic N) is 1. The van der Waals surface area contributed by atoms with Gasteiger partial charge in [-0.1, -0.05) is 27.7 Å². The molecular formula is C16H22N2. The quantitative estimate of drug-likeness (QED) is 0.812. The monoisotopic (exact) mass is 242 g/mol. The molecular weight excluding hydrogens is 220 g/mol. The lowest BCUT2D eigenvalue weighted by molar-refractivity contribution is 0.822. The predicted molar refractivity (Wildman–Crippen MR) is 76.2 cm³/mol. The van der Waals surface area contributed by atoms with Crippen LogP contribution in [0, 0.1) is 5.92 Å². The molecule has 0 aromatic carbocycles. The molecule has 0 saturated heterocycles. The first-order valence-corrected chi connectivity index (χ1v) is 7.03. The molecule has 1 aliphatic carbocycles. The summed E-state index contributed by atoms with van der Waals surface area (Å²) in [5.74, 6) is 1.17. The molecule has 1 aliphatic heterocycles. The van der Waals surface area contributed by atoms with Gasteiger partial charge in [-0.3, -0.25) is 4.99 Å². The number of allylic oxidation sites excluding steroid dienone is 2. The van der Waals surface area contributed by atoms with Crippen molar-refractivity contribution in [2.75, 3.05) is 0 Å². The largest absolute Gasteiger partial charge is 0.361 e. The number of H-pyrrole nitrogens is 1. The topological polar surface area (TPSA) is 28.1 Å². The molecule has 2 heteroatoms. The minimum Gasteiger partial charge on any atom is -0.361 e. The van der Waals surface area contributed by atoms with Gasteiger partial charge in [-0.05, 0) is 35.5 Å². The molecule has 0 spiro atoms. The second-order valence-electron chi connectivity index (χ2n) is 6.22. The van der Waals surface area contributed by atoms with E-state index < -0.39 is 0 Å². The first kappa shape index (κ1) is 11.8. The molecule has 0 atom stereocenters. The van der Waals surface area contributed by atoms with Gasteiger partial charge in [0, 0.05) is 35.6 Å². The normalized spacial score (nSPS) is 18.4. The smallest absolute Gasteiger partial charge is 0.0461 e. The van der Waals surface area contributed by atoms with Crippen LogP contribution in [-0.4, -0.2) is 10.7 Å². The van der Waals surface area contributed by atoms with Crippen molar-refractivity contribution in [3.8, 4) is 0 Å². The summed E-state index contributed by atoms with van der Waals surface area (Å²) in [6.45, 7) is 8.97.